The topological polar surface area (TPSA) is 76.8 Å². The lowest BCUT2D eigenvalue weighted by Crippen LogP contribution is -2.26. The highest BCUT2D eigenvalue weighted by Gasteiger charge is 2.26. The van der Waals surface area contributed by atoms with Gasteiger partial charge < -0.3 is 14.1 Å². The van der Waals surface area contributed by atoms with E-state index in [0.717, 1.165) is 12.0 Å². The maximum Gasteiger partial charge on any atom is 0.340 e. The predicted molar refractivity (Wildman–Crippen MR) is 109 cm³/mol. The summed E-state index contributed by atoms with van der Waals surface area (Å²) in [6.07, 6.45) is 1.23. The van der Waals surface area contributed by atoms with Crippen LogP contribution in [0.1, 0.15) is 34.3 Å². The molecule has 1 fully saturated rings. The molecule has 6 nitrogen and oxygen atoms in total. The molecule has 0 aliphatic carbocycles. The van der Waals surface area contributed by atoms with Crippen molar-refractivity contribution in [2.45, 2.75) is 26.4 Å². The van der Waals surface area contributed by atoms with Crippen LogP contribution >= 0.6 is 11.6 Å². The van der Waals surface area contributed by atoms with Gasteiger partial charge in [0.2, 0.25) is 5.91 Å². The quantitative estimate of drug-likeness (QED) is 0.474. The van der Waals surface area contributed by atoms with E-state index in [1.54, 1.807) is 41.3 Å². The lowest BCUT2D eigenvalue weighted by molar-refractivity contribution is -0.117. The fourth-order valence-electron chi connectivity index (χ4n) is 3.47. The lowest BCUT2D eigenvalue weighted by Gasteiger charge is -2.19. The number of para-hydroxylation sites is 1. The number of anilines is 1. The van der Waals surface area contributed by atoms with Crippen molar-refractivity contribution in [2.24, 2.45) is 0 Å². The van der Waals surface area contributed by atoms with Gasteiger partial charge in [0.05, 0.1) is 11.3 Å². The van der Waals surface area contributed by atoms with Gasteiger partial charge >= 0.3 is 11.6 Å². The summed E-state index contributed by atoms with van der Waals surface area (Å²) < 4.78 is 10.7. The zero-order valence-corrected chi connectivity index (χ0v) is 16.5. The second kappa shape index (κ2) is 7.72. The van der Waals surface area contributed by atoms with Crippen LogP contribution in [0.5, 0.6) is 0 Å². The fourth-order valence-corrected chi connectivity index (χ4v) is 3.64. The molecule has 1 aliphatic heterocycles. The van der Waals surface area contributed by atoms with Gasteiger partial charge in [-0.25, -0.2) is 9.59 Å². The highest BCUT2D eigenvalue weighted by atomic mass is 35.5. The molecule has 2 heterocycles. The molecule has 1 aromatic heterocycles. The van der Waals surface area contributed by atoms with Crippen LogP contribution in [0.2, 0.25) is 5.02 Å². The number of nitrogens with zero attached hydrogens (tertiary/aromatic N) is 1. The van der Waals surface area contributed by atoms with Crippen molar-refractivity contribution >= 4 is 40.1 Å². The second-order valence-electron chi connectivity index (χ2n) is 6.93. The molecule has 0 bridgehead atoms. The first-order valence-electron chi connectivity index (χ1n) is 9.23. The fraction of sp³-hybridized carbons (Fsp3) is 0.227. The summed E-state index contributed by atoms with van der Waals surface area (Å²) in [5.74, 6) is -0.582. The number of carbonyl (C=O) groups excluding carboxylic acids is 2. The second-order valence-corrected chi connectivity index (χ2v) is 7.34. The molecule has 7 heteroatoms. The van der Waals surface area contributed by atoms with Crippen molar-refractivity contribution in [3.8, 4) is 0 Å². The minimum absolute atomic E-state index is 0.0121. The number of esters is 1. The lowest BCUT2D eigenvalue weighted by atomic mass is 10.1. The molecule has 3 aromatic rings. The average molecular weight is 412 g/mol. The zero-order valence-electron chi connectivity index (χ0n) is 15.7. The average Bonchev–Trinajstić information content (AvgIpc) is 3.13. The van der Waals surface area contributed by atoms with E-state index in [9.17, 15) is 14.4 Å². The first-order chi connectivity index (χ1) is 13.9. The molecule has 29 heavy (non-hydrogen) atoms. The van der Waals surface area contributed by atoms with Crippen LogP contribution in [-0.4, -0.2) is 18.4 Å². The summed E-state index contributed by atoms with van der Waals surface area (Å²) in [6.45, 7) is 2.26. The van der Waals surface area contributed by atoms with Gasteiger partial charge in [0, 0.05) is 35.0 Å². The Morgan fingerprint density at radius 2 is 2.00 bits per heavy atom. The Balaban J connectivity index is 1.62. The van der Waals surface area contributed by atoms with E-state index < -0.39 is 11.6 Å². The standard InChI is InChI=1S/C22H18ClNO5/c1-13-9-19-16(11-17(13)23)14(10-21(26)29-19)12-28-22(27)15-5-2-3-6-18(15)24-8-4-7-20(24)25/h2-3,5-6,9-11H,4,7-8,12H2,1H3. The van der Waals surface area contributed by atoms with Crippen LogP contribution in [0, 0.1) is 6.92 Å². The minimum Gasteiger partial charge on any atom is -0.457 e. The van der Waals surface area contributed by atoms with E-state index in [1.807, 2.05) is 6.92 Å². The number of aryl methyl sites for hydroxylation is 1. The van der Waals surface area contributed by atoms with Crippen molar-refractivity contribution < 1.29 is 18.7 Å². The molecule has 1 saturated heterocycles. The SMILES string of the molecule is Cc1cc2oc(=O)cc(COC(=O)c3ccccc3N3CCCC3=O)c2cc1Cl. The van der Waals surface area contributed by atoms with Gasteiger partial charge in [-0.1, -0.05) is 23.7 Å². The van der Waals surface area contributed by atoms with E-state index >= 15 is 0 Å². The van der Waals surface area contributed by atoms with Crippen molar-refractivity contribution in [1.29, 1.82) is 0 Å². The smallest absolute Gasteiger partial charge is 0.340 e. The summed E-state index contributed by atoms with van der Waals surface area (Å²) in [5.41, 5.74) is 1.98. The summed E-state index contributed by atoms with van der Waals surface area (Å²) in [6, 6.07) is 11.5. The normalized spacial score (nSPS) is 13.9. The van der Waals surface area contributed by atoms with Crippen molar-refractivity contribution in [1.82, 2.24) is 0 Å². The molecule has 1 amide bonds. The summed E-state index contributed by atoms with van der Waals surface area (Å²) in [7, 11) is 0. The van der Waals surface area contributed by atoms with Gasteiger partial charge in [-0.2, -0.15) is 0 Å². The number of hydrogen-bond donors (Lipinski definition) is 0. The molecule has 4 rings (SSSR count). The molecule has 2 aromatic carbocycles. The molecule has 0 atom stereocenters. The number of ether oxygens (including phenoxy) is 1. The number of benzene rings is 2. The Morgan fingerprint density at radius 3 is 2.76 bits per heavy atom. The molecule has 1 aliphatic rings. The van der Waals surface area contributed by atoms with Crippen LogP contribution in [0.15, 0.2) is 51.7 Å². The Hall–Kier alpha value is -3.12. The summed E-state index contributed by atoms with van der Waals surface area (Å²) in [4.78, 5) is 38.3. The van der Waals surface area contributed by atoms with Gasteiger partial charge in [-0.05, 0) is 43.2 Å². The molecular weight excluding hydrogens is 394 g/mol. The minimum atomic E-state index is -0.570. The van der Waals surface area contributed by atoms with E-state index in [2.05, 4.69) is 0 Å². The predicted octanol–water partition coefficient (Wildman–Crippen LogP) is 4.24. The first kappa shape index (κ1) is 19.2. The summed E-state index contributed by atoms with van der Waals surface area (Å²) >= 11 is 6.20. The number of carbonyl (C=O) groups is 2. The molecule has 0 spiro atoms. The third kappa shape index (κ3) is 3.76. The first-order valence-corrected chi connectivity index (χ1v) is 9.61. The van der Waals surface area contributed by atoms with Crippen LogP contribution in [-0.2, 0) is 16.1 Å². The van der Waals surface area contributed by atoms with Crippen molar-refractivity contribution in [3.63, 3.8) is 0 Å². The highest BCUT2D eigenvalue weighted by molar-refractivity contribution is 6.32. The third-order valence-electron chi connectivity index (χ3n) is 4.96. The van der Waals surface area contributed by atoms with Crippen LogP contribution < -0.4 is 10.5 Å². The van der Waals surface area contributed by atoms with Gasteiger partial charge in [-0.15, -0.1) is 0 Å². The molecule has 0 saturated carbocycles. The van der Waals surface area contributed by atoms with Gasteiger partial charge in [-0.3, -0.25) is 4.79 Å². The zero-order chi connectivity index (χ0) is 20.5. The maximum atomic E-state index is 12.8. The van der Waals surface area contributed by atoms with E-state index in [0.29, 0.717) is 45.8 Å². The number of fused-ring (bicyclic) bond motifs is 1. The monoisotopic (exact) mass is 411 g/mol. The summed E-state index contributed by atoms with van der Waals surface area (Å²) in [5, 5.41) is 1.13. The number of rotatable bonds is 4. The van der Waals surface area contributed by atoms with Crippen LogP contribution in [0.4, 0.5) is 5.69 Å². The van der Waals surface area contributed by atoms with E-state index in [1.165, 1.54) is 6.07 Å². The van der Waals surface area contributed by atoms with Crippen LogP contribution in [0.25, 0.3) is 11.0 Å². The van der Waals surface area contributed by atoms with E-state index in [-0.39, 0.29) is 12.5 Å². The number of hydrogen-bond acceptors (Lipinski definition) is 5. The molecule has 148 valence electrons. The van der Waals surface area contributed by atoms with Crippen molar-refractivity contribution in [3.05, 3.63) is 74.6 Å². The Kier molecular flexibility index (Phi) is 5.11. The molecule has 0 unspecified atom stereocenters. The Labute approximate surface area is 171 Å². The Morgan fingerprint density at radius 1 is 1.21 bits per heavy atom. The van der Waals surface area contributed by atoms with Crippen LogP contribution in [0.3, 0.4) is 0 Å². The molecular formula is C22H18ClNO5. The third-order valence-corrected chi connectivity index (χ3v) is 5.36. The maximum absolute atomic E-state index is 12.8. The van der Waals surface area contributed by atoms with Gasteiger partial charge in [0.15, 0.2) is 0 Å². The van der Waals surface area contributed by atoms with E-state index in [4.69, 9.17) is 20.8 Å². The highest BCUT2D eigenvalue weighted by Crippen LogP contribution is 2.28. The molecule has 0 radical (unpaired) electrons. The number of halogens is 1. The largest absolute Gasteiger partial charge is 0.457 e. The van der Waals surface area contributed by atoms with Gasteiger partial charge in [0.25, 0.3) is 0 Å². The van der Waals surface area contributed by atoms with Crippen molar-refractivity contribution in [2.75, 3.05) is 11.4 Å². The molecule has 0 N–H and O–H groups in total. The van der Waals surface area contributed by atoms with Gasteiger partial charge in [0.1, 0.15) is 12.2 Å². The Bertz CT molecular complexity index is 1180. The number of amides is 1.